The number of aromatic nitrogens is 2. The van der Waals surface area contributed by atoms with Crippen LogP contribution in [0.1, 0.15) is 19.3 Å². The van der Waals surface area contributed by atoms with Gasteiger partial charge in [0, 0.05) is 26.6 Å². The molecule has 112 valence electrons. The van der Waals surface area contributed by atoms with Gasteiger partial charge in [-0.25, -0.2) is 4.98 Å². The number of carbonyl (C=O) groups excluding carboxylic acids is 1. The van der Waals surface area contributed by atoms with Crippen molar-refractivity contribution in [2.45, 2.75) is 19.3 Å². The first kappa shape index (κ1) is 14.1. The smallest absolute Gasteiger partial charge is 0.225 e. The highest BCUT2D eigenvalue weighted by molar-refractivity contribution is 7.16. The average Bonchev–Trinajstić information content (AvgIpc) is 2.94. The Hall–Kier alpha value is -1.89. The molecule has 0 unspecified atom stereocenters. The molecule has 21 heavy (non-hydrogen) atoms. The highest BCUT2D eigenvalue weighted by atomic mass is 32.1. The minimum Gasteiger partial charge on any atom is -0.370 e. The summed E-state index contributed by atoms with van der Waals surface area (Å²) >= 11 is 1.63. The molecule has 1 aliphatic heterocycles. The van der Waals surface area contributed by atoms with E-state index in [2.05, 4.69) is 26.3 Å². The molecule has 1 fully saturated rings. The molecule has 1 amide bonds. The van der Waals surface area contributed by atoms with E-state index >= 15 is 0 Å². The average molecular weight is 305 g/mol. The molecule has 3 N–H and O–H groups in total. The fourth-order valence-electron chi connectivity index (χ4n) is 2.83. The van der Waals surface area contributed by atoms with Gasteiger partial charge in [-0.05, 0) is 30.2 Å². The van der Waals surface area contributed by atoms with Crippen LogP contribution in [-0.4, -0.2) is 36.0 Å². The van der Waals surface area contributed by atoms with Gasteiger partial charge in [0.1, 0.15) is 10.6 Å². The fraction of sp³-hybridized carbons (Fsp3) is 0.500. The molecule has 0 atom stereocenters. The van der Waals surface area contributed by atoms with Gasteiger partial charge in [0.2, 0.25) is 11.9 Å². The van der Waals surface area contributed by atoms with E-state index in [1.807, 2.05) is 12.4 Å². The predicted molar refractivity (Wildman–Crippen MR) is 85.7 cm³/mol. The summed E-state index contributed by atoms with van der Waals surface area (Å²) in [5.41, 5.74) is 5.29. The van der Waals surface area contributed by atoms with Crippen molar-refractivity contribution in [2.24, 2.45) is 11.7 Å². The van der Waals surface area contributed by atoms with Crippen LogP contribution in [-0.2, 0) is 4.79 Å². The molecule has 2 aromatic heterocycles. The number of carbonyl (C=O) groups is 1. The second-order valence-electron chi connectivity index (χ2n) is 5.36. The molecular weight excluding hydrogens is 286 g/mol. The first-order chi connectivity index (χ1) is 10.2. The number of rotatable bonds is 4. The normalized spacial score (nSPS) is 16.3. The second kappa shape index (κ2) is 5.85. The third-order valence-corrected chi connectivity index (χ3v) is 4.74. The topological polar surface area (TPSA) is 84.1 Å². The van der Waals surface area contributed by atoms with Crippen molar-refractivity contribution in [1.82, 2.24) is 9.97 Å². The highest BCUT2D eigenvalue weighted by Crippen LogP contribution is 2.32. The molecule has 3 heterocycles. The number of anilines is 2. The van der Waals surface area contributed by atoms with E-state index in [9.17, 15) is 4.79 Å². The lowest BCUT2D eigenvalue weighted by molar-refractivity contribution is -0.119. The number of nitrogens with two attached hydrogens (primary N) is 1. The molecule has 1 aliphatic rings. The molecule has 0 bridgehead atoms. The van der Waals surface area contributed by atoms with E-state index in [0.29, 0.717) is 18.3 Å². The Morgan fingerprint density at radius 3 is 2.90 bits per heavy atom. The van der Waals surface area contributed by atoms with Gasteiger partial charge in [0.15, 0.2) is 0 Å². The van der Waals surface area contributed by atoms with Crippen LogP contribution in [0.5, 0.6) is 0 Å². The zero-order valence-corrected chi connectivity index (χ0v) is 12.8. The number of fused-ring (bicyclic) bond motifs is 1. The molecule has 0 radical (unpaired) electrons. The lowest BCUT2D eigenvalue weighted by atomic mass is 9.93. The van der Waals surface area contributed by atoms with Crippen molar-refractivity contribution in [3.8, 4) is 0 Å². The molecule has 1 saturated heterocycles. The predicted octanol–water partition coefficient (Wildman–Crippen LogP) is 1.82. The van der Waals surface area contributed by atoms with Crippen LogP contribution in [0.4, 0.5) is 11.8 Å². The number of primary amides is 1. The SMILES string of the molecule is CNc1nc(N2CCC(CC(N)=O)CC2)c2ccsc2n1. The monoisotopic (exact) mass is 305 g/mol. The summed E-state index contributed by atoms with van der Waals surface area (Å²) in [5.74, 6) is 1.85. The molecular formula is C14H19N5OS. The third-order valence-electron chi connectivity index (χ3n) is 3.93. The summed E-state index contributed by atoms with van der Waals surface area (Å²) in [6.45, 7) is 1.81. The summed E-state index contributed by atoms with van der Waals surface area (Å²) in [6.07, 6.45) is 2.45. The van der Waals surface area contributed by atoms with Gasteiger partial charge in [-0.2, -0.15) is 4.98 Å². The van der Waals surface area contributed by atoms with Crippen LogP contribution in [0.3, 0.4) is 0 Å². The highest BCUT2D eigenvalue weighted by Gasteiger charge is 2.23. The summed E-state index contributed by atoms with van der Waals surface area (Å²) < 4.78 is 0. The van der Waals surface area contributed by atoms with Gasteiger partial charge < -0.3 is 16.0 Å². The van der Waals surface area contributed by atoms with Crippen molar-refractivity contribution in [3.63, 3.8) is 0 Å². The molecule has 2 aromatic rings. The van der Waals surface area contributed by atoms with Gasteiger partial charge >= 0.3 is 0 Å². The zero-order chi connectivity index (χ0) is 14.8. The van der Waals surface area contributed by atoms with Crippen LogP contribution in [0, 0.1) is 5.92 Å². The van der Waals surface area contributed by atoms with E-state index in [1.165, 1.54) is 0 Å². The standard InChI is InChI=1S/C14H19N5OS/c1-16-14-17-12(10-4-7-21-13(10)18-14)19-5-2-9(3-6-19)8-11(15)20/h4,7,9H,2-3,5-6,8H2,1H3,(H2,15,20)(H,16,17,18). The van der Waals surface area contributed by atoms with E-state index in [4.69, 9.17) is 5.73 Å². The first-order valence-electron chi connectivity index (χ1n) is 7.13. The van der Waals surface area contributed by atoms with Crippen molar-refractivity contribution in [3.05, 3.63) is 11.4 Å². The lowest BCUT2D eigenvalue weighted by Crippen LogP contribution is -2.35. The van der Waals surface area contributed by atoms with Crippen LogP contribution in [0.15, 0.2) is 11.4 Å². The van der Waals surface area contributed by atoms with Crippen LogP contribution in [0.2, 0.25) is 0 Å². The van der Waals surface area contributed by atoms with Crippen molar-refractivity contribution < 1.29 is 4.79 Å². The number of hydrogen-bond donors (Lipinski definition) is 2. The lowest BCUT2D eigenvalue weighted by Gasteiger charge is -2.32. The number of piperidine rings is 1. The number of hydrogen-bond acceptors (Lipinski definition) is 6. The van der Waals surface area contributed by atoms with Crippen LogP contribution in [0.25, 0.3) is 10.2 Å². The Bertz CT molecular complexity index is 648. The van der Waals surface area contributed by atoms with Gasteiger partial charge in [-0.1, -0.05) is 0 Å². The minimum absolute atomic E-state index is 0.201. The molecule has 0 spiro atoms. The maximum absolute atomic E-state index is 11.0. The minimum atomic E-state index is -0.201. The third kappa shape index (κ3) is 2.92. The molecule has 0 aromatic carbocycles. The van der Waals surface area contributed by atoms with Crippen molar-refractivity contribution in [1.29, 1.82) is 0 Å². The van der Waals surface area contributed by atoms with Gasteiger partial charge in [0.05, 0.1) is 5.39 Å². The second-order valence-corrected chi connectivity index (χ2v) is 6.26. The van der Waals surface area contributed by atoms with E-state index in [0.717, 1.165) is 42.0 Å². The van der Waals surface area contributed by atoms with E-state index < -0.39 is 0 Å². The van der Waals surface area contributed by atoms with Crippen LogP contribution < -0.4 is 16.0 Å². The fourth-order valence-corrected chi connectivity index (χ4v) is 3.58. The van der Waals surface area contributed by atoms with Gasteiger partial charge in [0.25, 0.3) is 0 Å². The molecule has 7 heteroatoms. The maximum Gasteiger partial charge on any atom is 0.225 e. The number of nitrogens with one attached hydrogen (secondary N) is 1. The zero-order valence-electron chi connectivity index (χ0n) is 12.0. The Morgan fingerprint density at radius 2 is 2.24 bits per heavy atom. The number of nitrogens with zero attached hydrogens (tertiary/aromatic N) is 3. The van der Waals surface area contributed by atoms with E-state index in [1.54, 1.807) is 11.3 Å². The Labute approximate surface area is 127 Å². The van der Waals surface area contributed by atoms with Crippen molar-refractivity contribution >= 4 is 39.2 Å². The largest absolute Gasteiger partial charge is 0.370 e. The summed E-state index contributed by atoms with van der Waals surface area (Å²) in [4.78, 5) is 23.4. The molecule has 3 rings (SSSR count). The van der Waals surface area contributed by atoms with Crippen LogP contribution >= 0.6 is 11.3 Å². The molecule has 6 nitrogen and oxygen atoms in total. The van der Waals surface area contributed by atoms with Gasteiger partial charge in [-0.15, -0.1) is 11.3 Å². The number of amides is 1. The Morgan fingerprint density at radius 1 is 1.48 bits per heavy atom. The van der Waals surface area contributed by atoms with Crippen molar-refractivity contribution in [2.75, 3.05) is 30.4 Å². The first-order valence-corrected chi connectivity index (χ1v) is 8.01. The van der Waals surface area contributed by atoms with E-state index in [-0.39, 0.29) is 5.91 Å². The summed E-state index contributed by atoms with van der Waals surface area (Å²) in [7, 11) is 1.83. The quantitative estimate of drug-likeness (QED) is 0.900. The maximum atomic E-state index is 11.0. The molecule has 0 saturated carbocycles. The summed E-state index contributed by atoms with van der Waals surface area (Å²) in [6, 6.07) is 2.07. The Balaban J connectivity index is 1.81. The number of thiophene rings is 1. The Kier molecular flexibility index (Phi) is 3.92. The van der Waals surface area contributed by atoms with Gasteiger partial charge in [-0.3, -0.25) is 4.79 Å². The summed E-state index contributed by atoms with van der Waals surface area (Å²) in [5, 5.41) is 6.17. The molecule has 0 aliphatic carbocycles.